The lowest BCUT2D eigenvalue weighted by Gasteiger charge is -2.37. The molecule has 1 aromatic heterocycles. The van der Waals surface area contributed by atoms with Crippen LogP contribution in [0, 0.1) is 0 Å². The van der Waals surface area contributed by atoms with E-state index in [2.05, 4.69) is 41.2 Å². The van der Waals surface area contributed by atoms with Gasteiger partial charge in [-0.05, 0) is 101 Å². The molecule has 1 atom stereocenters. The van der Waals surface area contributed by atoms with Crippen molar-refractivity contribution >= 4 is 9.84 Å². The lowest BCUT2D eigenvalue weighted by atomic mass is 9.90. The first-order valence-corrected chi connectivity index (χ1v) is 14.4. The molecular weight excluding hydrogens is 430 g/mol. The summed E-state index contributed by atoms with van der Waals surface area (Å²) in [6, 6.07) is 12.8. The number of nitrogens with one attached hydrogen (secondary N) is 1. The Labute approximate surface area is 200 Å². The van der Waals surface area contributed by atoms with Gasteiger partial charge in [0.2, 0.25) is 0 Å². The summed E-state index contributed by atoms with van der Waals surface area (Å²) in [7, 11) is -3.11. The highest BCUT2D eigenvalue weighted by Gasteiger charge is 2.26. The predicted molar refractivity (Wildman–Crippen MR) is 136 cm³/mol. The zero-order valence-corrected chi connectivity index (χ0v) is 21.4. The molecule has 0 fully saturated rings. The van der Waals surface area contributed by atoms with Crippen LogP contribution in [0.15, 0.2) is 47.5 Å². The van der Waals surface area contributed by atoms with E-state index >= 15 is 0 Å². The van der Waals surface area contributed by atoms with Crippen molar-refractivity contribution < 1.29 is 8.42 Å². The number of hydrogen-bond donors (Lipinski definition) is 1. The van der Waals surface area contributed by atoms with Crippen molar-refractivity contribution in [2.45, 2.75) is 82.2 Å². The molecule has 0 bridgehead atoms. The average Bonchev–Trinajstić information content (AvgIpc) is 2.79. The Morgan fingerprint density at radius 1 is 1.06 bits per heavy atom. The van der Waals surface area contributed by atoms with Gasteiger partial charge in [0, 0.05) is 30.2 Å². The molecule has 1 unspecified atom stereocenters. The van der Waals surface area contributed by atoms with Crippen LogP contribution in [0.4, 0.5) is 0 Å². The zero-order valence-electron chi connectivity index (χ0n) is 20.6. The Hall–Kier alpha value is -1.76. The molecule has 0 saturated heterocycles. The second-order valence-electron chi connectivity index (χ2n) is 9.67. The number of hydrogen-bond acceptors (Lipinski definition) is 5. The molecule has 1 N–H and O–H groups in total. The maximum atomic E-state index is 11.5. The topological polar surface area (TPSA) is 62.3 Å². The summed E-state index contributed by atoms with van der Waals surface area (Å²) >= 11 is 0. The maximum absolute atomic E-state index is 11.5. The van der Waals surface area contributed by atoms with Gasteiger partial charge in [0.1, 0.15) is 0 Å². The van der Waals surface area contributed by atoms with Gasteiger partial charge < -0.3 is 5.32 Å². The number of sulfone groups is 1. The molecular formula is C27H41N3O2S. The molecule has 0 amide bonds. The van der Waals surface area contributed by atoms with Gasteiger partial charge in [0.25, 0.3) is 0 Å². The predicted octanol–water partition coefficient (Wildman–Crippen LogP) is 4.45. The van der Waals surface area contributed by atoms with E-state index in [1.54, 1.807) is 12.1 Å². The van der Waals surface area contributed by atoms with Gasteiger partial charge in [0.05, 0.1) is 4.90 Å². The average molecular weight is 472 g/mol. The second-order valence-corrected chi connectivity index (χ2v) is 11.7. The highest BCUT2D eigenvalue weighted by molar-refractivity contribution is 7.90. The quantitative estimate of drug-likeness (QED) is 0.438. The van der Waals surface area contributed by atoms with Gasteiger partial charge in [-0.2, -0.15) is 0 Å². The van der Waals surface area contributed by atoms with Crippen LogP contribution in [0.2, 0.25) is 0 Å². The smallest absolute Gasteiger partial charge is 0.175 e. The van der Waals surface area contributed by atoms with E-state index in [1.807, 2.05) is 18.3 Å². The summed E-state index contributed by atoms with van der Waals surface area (Å²) < 4.78 is 23.1. The SMILES string of the molecule is CC(C)N(CCCCCCNCCc1ccc(S(C)(=O)=O)cc1)C1CCc2ncccc2C1. The first kappa shape index (κ1) is 25.9. The summed E-state index contributed by atoms with van der Waals surface area (Å²) in [4.78, 5) is 7.66. The van der Waals surface area contributed by atoms with Crippen molar-refractivity contribution in [3.63, 3.8) is 0 Å². The Morgan fingerprint density at radius 3 is 2.55 bits per heavy atom. The molecule has 0 saturated carbocycles. The van der Waals surface area contributed by atoms with E-state index in [-0.39, 0.29) is 0 Å². The summed E-state index contributed by atoms with van der Waals surface area (Å²) in [6.07, 6.45) is 12.6. The van der Waals surface area contributed by atoms with Crippen LogP contribution in [0.3, 0.4) is 0 Å². The standard InChI is InChI=1S/C27H41N3O2S/c1-22(2)30(25-12-15-27-24(21-25)9-8-18-29-27)20-7-5-4-6-17-28-19-16-23-10-13-26(14-11-23)33(3,31)32/h8-11,13-14,18,22,25,28H,4-7,12,15-17,19-21H2,1-3H3. The van der Waals surface area contributed by atoms with Gasteiger partial charge in [0.15, 0.2) is 9.84 Å². The van der Waals surface area contributed by atoms with Crippen molar-refractivity contribution in [2.75, 3.05) is 25.9 Å². The van der Waals surface area contributed by atoms with E-state index in [0.717, 1.165) is 32.4 Å². The van der Waals surface area contributed by atoms with Crippen LogP contribution in [0.5, 0.6) is 0 Å². The van der Waals surface area contributed by atoms with Crippen LogP contribution in [0.1, 0.15) is 62.8 Å². The number of rotatable bonds is 13. The van der Waals surface area contributed by atoms with E-state index in [0.29, 0.717) is 17.0 Å². The number of aryl methyl sites for hydroxylation is 1. The molecule has 33 heavy (non-hydrogen) atoms. The fourth-order valence-electron chi connectivity index (χ4n) is 4.85. The summed E-state index contributed by atoms with van der Waals surface area (Å²) in [5.41, 5.74) is 3.91. The van der Waals surface area contributed by atoms with E-state index in [4.69, 9.17) is 0 Å². The fourth-order valence-corrected chi connectivity index (χ4v) is 5.48. The largest absolute Gasteiger partial charge is 0.316 e. The maximum Gasteiger partial charge on any atom is 0.175 e. The molecule has 2 aromatic rings. The number of unbranched alkanes of at least 4 members (excludes halogenated alkanes) is 3. The summed E-state index contributed by atoms with van der Waals surface area (Å²) in [6.45, 7) is 7.82. The Balaban J connectivity index is 1.27. The molecule has 1 aliphatic carbocycles. The molecule has 6 heteroatoms. The van der Waals surface area contributed by atoms with E-state index in [1.165, 1.54) is 61.7 Å². The van der Waals surface area contributed by atoms with Crippen molar-refractivity contribution in [1.29, 1.82) is 0 Å². The first-order valence-electron chi connectivity index (χ1n) is 12.5. The Kier molecular flexibility index (Phi) is 9.90. The molecule has 0 spiro atoms. The summed E-state index contributed by atoms with van der Waals surface area (Å²) in [5, 5.41) is 3.52. The third-order valence-electron chi connectivity index (χ3n) is 6.75. The molecule has 0 aliphatic heterocycles. The number of aromatic nitrogens is 1. The number of fused-ring (bicyclic) bond motifs is 1. The molecule has 1 aliphatic rings. The monoisotopic (exact) mass is 471 g/mol. The van der Waals surface area contributed by atoms with Crippen LogP contribution in [0.25, 0.3) is 0 Å². The molecule has 3 rings (SSSR count). The summed E-state index contributed by atoms with van der Waals surface area (Å²) in [5.74, 6) is 0. The first-order chi connectivity index (χ1) is 15.8. The van der Waals surface area contributed by atoms with Crippen LogP contribution < -0.4 is 5.32 Å². The highest BCUT2D eigenvalue weighted by Crippen LogP contribution is 2.24. The molecule has 182 valence electrons. The van der Waals surface area contributed by atoms with Crippen molar-refractivity contribution in [3.05, 3.63) is 59.4 Å². The number of nitrogens with zero attached hydrogens (tertiary/aromatic N) is 2. The van der Waals surface area contributed by atoms with Gasteiger partial charge in [-0.25, -0.2) is 8.42 Å². The van der Waals surface area contributed by atoms with Gasteiger partial charge in [-0.15, -0.1) is 0 Å². The number of benzene rings is 1. The van der Waals surface area contributed by atoms with Crippen molar-refractivity contribution in [1.82, 2.24) is 15.2 Å². The van der Waals surface area contributed by atoms with Gasteiger partial charge >= 0.3 is 0 Å². The van der Waals surface area contributed by atoms with Gasteiger partial charge in [-0.1, -0.05) is 31.0 Å². The Morgan fingerprint density at radius 2 is 1.82 bits per heavy atom. The van der Waals surface area contributed by atoms with Crippen molar-refractivity contribution in [2.24, 2.45) is 0 Å². The minimum atomic E-state index is -3.11. The third kappa shape index (κ3) is 8.20. The molecule has 1 heterocycles. The number of pyridine rings is 1. The van der Waals surface area contributed by atoms with Crippen molar-refractivity contribution in [3.8, 4) is 0 Å². The zero-order chi connectivity index (χ0) is 23.7. The molecule has 0 radical (unpaired) electrons. The van der Waals surface area contributed by atoms with Crippen LogP contribution >= 0.6 is 0 Å². The minimum absolute atomic E-state index is 0.389. The van der Waals surface area contributed by atoms with E-state index < -0.39 is 9.84 Å². The fraction of sp³-hybridized carbons (Fsp3) is 0.593. The molecule has 1 aromatic carbocycles. The van der Waals surface area contributed by atoms with Crippen LogP contribution in [-0.4, -0.2) is 56.3 Å². The lowest BCUT2D eigenvalue weighted by molar-refractivity contribution is 0.136. The molecule has 5 nitrogen and oxygen atoms in total. The van der Waals surface area contributed by atoms with E-state index in [9.17, 15) is 8.42 Å². The normalized spacial score (nSPS) is 16.3. The lowest BCUT2D eigenvalue weighted by Crippen LogP contribution is -2.44. The highest BCUT2D eigenvalue weighted by atomic mass is 32.2. The minimum Gasteiger partial charge on any atom is -0.316 e. The Bertz CT molecular complexity index is 958. The second kappa shape index (κ2) is 12.6. The van der Waals surface area contributed by atoms with Crippen LogP contribution in [-0.2, 0) is 29.1 Å². The van der Waals surface area contributed by atoms with Gasteiger partial charge in [-0.3, -0.25) is 9.88 Å². The third-order valence-corrected chi connectivity index (χ3v) is 7.88.